The number of hydrogen-bond donors (Lipinski definition) is 1. The zero-order valence-electron chi connectivity index (χ0n) is 8.96. The zero-order chi connectivity index (χ0) is 13.3. The summed E-state index contributed by atoms with van der Waals surface area (Å²) in [6.07, 6.45) is -0.649. The van der Waals surface area contributed by atoms with Crippen molar-refractivity contribution in [2.75, 3.05) is 0 Å². The molecule has 0 fully saturated rings. The molecule has 0 aliphatic heterocycles. The molecule has 18 heavy (non-hydrogen) atoms. The molecule has 0 aliphatic rings. The topological polar surface area (TPSA) is 20.2 Å². The molecule has 2 rings (SSSR count). The summed E-state index contributed by atoms with van der Waals surface area (Å²) in [6.45, 7) is 0. The van der Waals surface area contributed by atoms with E-state index in [1.807, 2.05) is 6.07 Å². The summed E-state index contributed by atoms with van der Waals surface area (Å²) in [5, 5.41) is 10.5. The van der Waals surface area contributed by atoms with E-state index in [1.54, 1.807) is 12.1 Å². The molecule has 6 heteroatoms. The summed E-state index contributed by atoms with van der Waals surface area (Å²) < 4.78 is 15.4. The van der Waals surface area contributed by atoms with Gasteiger partial charge in [-0.1, -0.05) is 17.7 Å². The van der Waals surface area contributed by atoms with Crippen molar-refractivity contribution in [2.24, 2.45) is 0 Å². The fraction of sp³-hybridized carbons (Fsp3) is 0.167. The number of aliphatic hydroxyl groups excluding tert-OH is 1. The van der Waals surface area contributed by atoms with Crippen molar-refractivity contribution in [3.63, 3.8) is 0 Å². The van der Waals surface area contributed by atoms with E-state index >= 15 is 0 Å². The van der Waals surface area contributed by atoms with E-state index in [9.17, 15) is 9.50 Å². The third kappa shape index (κ3) is 3.14. The minimum atomic E-state index is -0.795. The standard InChI is InChI=1S/C12H8Br2ClFOS/c13-11-5-7(12(14)18-11)10(17)4-6-8(15)2-1-3-9(6)16/h1-3,5,10,17H,4H2. The molecule has 0 aliphatic carbocycles. The molecule has 1 atom stereocenters. The lowest BCUT2D eigenvalue weighted by molar-refractivity contribution is 0.177. The Balaban J connectivity index is 2.26. The van der Waals surface area contributed by atoms with Crippen LogP contribution in [-0.4, -0.2) is 5.11 Å². The van der Waals surface area contributed by atoms with E-state index in [1.165, 1.54) is 17.4 Å². The molecular formula is C12H8Br2ClFOS. The number of thiophene rings is 1. The van der Waals surface area contributed by atoms with Gasteiger partial charge in [-0.15, -0.1) is 11.3 Å². The van der Waals surface area contributed by atoms with Crippen LogP contribution in [0.3, 0.4) is 0 Å². The molecule has 1 aromatic heterocycles. The van der Waals surface area contributed by atoms with Crippen LogP contribution in [0.5, 0.6) is 0 Å². The number of hydrogen-bond acceptors (Lipinski definition) is 2. The van der Waals surface area contributed by atoms with E-state index in [0.717, 1.165) is 13.1 Å². The Kier molecular flexibility index (Phi) is 4.83. The first kappa shape index (κ1) is 14.5. The van der Waals surface area contributed by atoms with Crippen molar-refractivity contribution >= 4 is 54.8 Å². The highest BCUT2D eigenvalue weighted by molar-refractivity contribution is 9.12. The normalized spacial score (nSPS) is 12.7. The Hall–Kier alpha value is 0.0600. The molecule has 0 bridgehead atoms. The highest BCUT2D eigenvalue weighted by atomic mass is 79.9. The maximum absolute atomic E-state index is 13.6. The Morgan fingerprint density at radius 1 is 1.39 bits per heavy atom. The Morgan fingerprint density at radius 3 is 2.67 bits per heavy atom. The van der Waals surface area contributed by atoms with Crippen molar-refractivity contribution in [1.29, 1.82) is 0 Å². The number of rotatable bonds is 3. The van der Waals surface area contributed by atoms with E-state index in [2.05, 4.69) is 31.9 Å². The van der Waals surface area contributed by atoms with E-state index in [-0.39, 0.29) is 6.42 Å². The van der Waals surface area contributed by atoms with E-state index < -0.39 is 11.9 Å². The van der Waals surface area contributed by atoms with Crippen molar-refractivity contribution in [1.82, 2.24) is 0 Å². The summed E-state index contributed by atoms with van der Waals surface area (Å²) in [6, 6.07) is 6.32. The molecule has 0 radical (unpaired) electrons. The molecule has 1 unspecified atom stereocenters. The highest BCUT2D eigenvalue weighted by Crippen LogP contribution is 2.37. The zero-order valence-corrected chi connectivity index (χ0v) is 13.7. The van der Waals surface area contributed by atoms with Crippen LogP contribution in [0.2, 0.25) is 5.02 Å². The molecular weight excluding hydrogens is 406 g/mol. The molecule has 1 aromatic carbocycles. The number of benzene rings is 1. The smallest absolute Gasteiger partial charge is 0.127 e. The summed E-state index contributed by atoms with van der Waals surface area (Å²) in [5.41, 5.74) is 1.06. The van der Waals surface area contributed by atoms with Crippen LogP contribution in [0.4, 0.5) is 4.39 Å². The quantitative estimate of drug-likeness (QED) is 0.719. The first-order valence-corrected chi connectivity index (χ1v) is 7.82. The maximum atomic E-state index is 13.6. The van der Waals surface area contributed by atoms with Crippen LogP contribution in [0, 0.1) is 5.82 Å². The molecule has 1 N–H and O–H groups in total. The van der Waals surface area contributed by atoms with Crippen molar-refractivity contribution < 1.29 is 9.50 Å². The average Bonchev–Trinajstić information content (AvgIpc) is 2.63. The molecule has 2 aromatic rings. The van der Waals surface area contributed by atoms with Crippen LogP contribution in [0.25, 0.3) is 0 Å². The van der Waals surface area contributed by atoms with Gasteiger partial charge in [-0.2, -0.15) is 0 Å². The van der Waals surface area contributed by atoms with Crippen molar-refractivity contribution in [3.05, 3.63) is 53.8 Å². The molecule has 0 spiro atoms. The lowest BCUT2D eigenvalue weighted by atomic mass is 10.0. The van der Waals surface area contributed by atoms with E-state index in [4.69, 9.17) is 11.6 Å². The highest BCUT2D eigenvalue weighted by Gasteiger charge is 2.18. The van der Waals surface area contributed by atoms with Gasteiger partial charge in [0.25, 0.3) is 0 Å². The molecule has 0 saturated carbocycles. The Bertz CT molecular complexity index is 553. The first-order chi connectivity index (χ1) is 8.49. The van der Waals surface area contributed by atoms with Crippen LogP contribution < -0.4 is 0 Å². The minimum absolute atomic E-state index is 0.146. The summed E-state index contributed by atoms with van der Waals surface area (Å²) in [7, 11) is 0. The largest absolute Gasteiger partial charge is 0.388 e. The molecule has 96 valence electrons. The maximum Gasteiger partial charge on any atom is 0.127 e. The molecule has 0 saturated heterocycles. The van der Waals surface area contributed by atoms with Gasteiger partial charge in [0.2, 0.25) is 0 Å². The van der Waals surface area contributed by atoms with Gasteiger partial charge < -0.3 is 5.11 Å². The fourth-order valence-electron chi connectivity index (χ4n) is 1.61. The SMILES string of the molecule is OC(Cc1c(F)cccc1Cl)c1cc(Br)sc1Br. The summed E-state index contributed by atoms with van der Waals surface area (Å²) >= 11 is 14.1. The van der Waals surface area contributed by atoms with Gasteiger partial charge in [0.15, 0.2) is 0 Å². The summed E-state index contributed by atoms with van der Waals surface area (Å²) in [5.74, 6) is -0.396. The monoisotopic (exact) mass is 412 g/mol. The average molecular weight is 415 g/mol. The minimum Gasteiger partial charge on any atom is -0.388 e. The van der Waals surface area contributed by atoms with Crippen LogP contribution >= 0.6 is 54.8 Å². The number of halogens is 4. The second kappa shape index (κ2) is 6.01. The second-order valence-electron chi connectivity index (χ2n) is 3.70. The first-order valence-electron chi connectivity index (χ1n) is 5.04. The van der Waals surface area contributed by atoms with Gasteiger partial charge in [-0.05, 0) is 50.1 Å². The second-order valence-corrected chi connectivity index (χ2v) is 7.86. The lowest BCUT2D eigenvalue weighted by Crippen LogP contribution is -2.03. The van der Waals surface area contributed by atoms with Gasteiger partial charge >= 0.3 is 0 Å². The van der Waals surface area contributed by atoms with Gasteiger partial charge in [0.1, 0.15) is 5.82 Å². The fourth-order valence-corrected chi connectivity index (χ4v) is 4.81. The lowest BCUT2D eigenvalue weighted by Gasteiger charge is -2.12. The summed E-state index contributed by atoms with van der Waals surface area (Å²) in [4.78, 5) is 0. The molecule has 0 amide bonds. The van der Waals surface area contributed by atoms with Gasteiger partial charge in [0.05, 0.1) is 13.7 Å². The molecule has 1 heterocycles. The third-order valence-corrected chi connectivity index (χ3v) is 5.24. The predicted molar refractivity (Wildman–Crippen MR) is 79.8 cm³/mol. The molecule has 1 nitrogen and oxygen atoms in total. The van der Waals surface area contributed by atoms with Gasteiger partial charge in [-0.3, -0.25) is 0 Å². The van der Waals surface area contributed by atoms with Crippen molar-refractivity contribution in [2.45, 2.75) is 12.5 Å². The Morgan fingerprint density at radius 2 is 2.11 bits per heavy atom. The third-order valence-electron chi connectivity index (χ3n) is 2.50. The number of aliphatic hydroxyl groups is 1. The predicted octanol–water partition coefficient (Wildman–Crippen LogP) is 5.34. The van der Waals surface area contributed by atoms with Crippen molar-refractivity contribution in [3.8, 4) is 0 Å². The van der Waals surface area contributed by atoms with Gasteiger partial charge in [0, 0.05) is 22.6 Å². The van der Waals surface area contributed by atoms with E-state index in [0.29, 0.717) is 10.6 Å². The van der Waals surface area contributed by atoms with Crippen LogP contribution in [0.15, 0.2) is 31.8 Å². The van der Waals surface area contributed by atoms with Crippen LogP contribution in [0.1, 0.15) is 17.2 Å². The van der Waals surface area contributed by atoms with Crippen LogP contribution in [-0.2, 0) is 6.42 Å². The van der Waals surface area contributed by atoms with Gasteiger partial charge in [-0.25, -0.2) is 4.39 Å². The Labute approximate surface area is 130 Å².